The van der Waals surface area contributed by atoms with Gasteiger partial charge in [-0.05, 0) is 60.4 Å². The van der Waals surface area contributed by atoms with Gasteiger partial charge in [0.2, 0.25) is 11.8 Å². The number of anilines is 4. The number of carbonyl (C=O) groups is 4. The summed E-state index contributed by atoms with van der Waals surface area (Å²) in [6, 6.07) is 47.1. The standard InChI is InChI=1S/C50H50N6O7/c57-46-25-12-7-18-38(46)35-51-30-26-47(58)52-39-19-13-20-40(34-39)53-48(59)29-33-54-31-27-41(28-32-54)63-50(62)56(45-24-11-9-22-43(45)37-16-5-2-6-17-37)55(49(60)61)44-23-10-8-21-42(44)36-14-3-1-4-15-36/h1-25,34,41,51,57H,26-33,35H2,(H,52,58)(H,53,59)(H,60,61). The average Bonchev–Trinajstić information content (AvgIpc) is 3.30. The highest BCUT2D eigenvalue weighted by molar-refractivity contribution is 6.06. The summed E-state index contributed by atoms with van der Waals surface area (Å²) in [6.07, 6.45) is -1.27. The topological polar surface area (TPSA) is 164 Å². The maximum atomic E-state index is 14.5. The minimum Gasteiger partial charge on any atom is -0.508 e. The number of aromatic hydroxyl groups is 1. The van der Waals surface area contributed by atoms with E-state index in [2.05, 4.69) is 20.9 Å². The highest BCUT2D eigenvalue weighted by Gasteiger charge is 2.36. The van der Waals surface area contributed by atoms with Crippen LogP contribution in [0.4, 0.5) is 32.3 Å². The zero-order valence-corrected chi connectivity index (χ0v) is 34.7. The van der Waals surface area contributed by atoms with Gasteiger partial charge in [-0.25, -0.2) is 9.59 Å². The van der Waals surface area contributed by atoms with E-state index in [9.17, 15) is 29.4 Å². The minimum absolute atomic E-state index is 0.183. The SMILES string of the molecule is O=C(CCNCc1ccccc1O)Nc1cccc(NC(=O)CCN2CCC(OC(=O)N(c3ccccc3-c3ccccc3)N(C(=O)O)c3ccccc3-c3ccccc3)CC2)c1. The number of hydrogen-bond donors (Lipinski definition) is 5. The summed E-state index contributed by atoms with van der Waals surface area (Å²) in [5.41, 5.74) is 5.34. The summed E-state index contributed by atoms with van der Waals surface area (Å²) >= 11 is 0. The third-order valence-electron chi connectivity index (χ3n) is 10.7. The predicted molar refractivity (Wildman–Crippen MR) is 245 cm³/mol. The fourth-order valence-corrected chi connectivity index (χ4v) is 7.53. The number of ether oxygens (including phenoxy) is 1. The lowest BCUT2D eigenvalue weighted by Gasteiger charge is -2.36. The van der Waals surface area contributed by atoms with Crippen LogP contribution < -0.4 is 26.0 Å². The first kappa shape index (κ1) is 43.6. The molecule has 0 aliphatic carbocycles. The maximum Gasteiger partial charge on any atom is 0.434 e. The van der Waals surface area contributed by atoms with E-state index in [0.717, 1.165) is 26.7 Å². The lowest BCUT2D eigenvalue weighted by atomic mass is 10.0. The molecule has 6 aromatic carbocycles. The zero-order chi connectivity index (χ0) is 44.0. The second kappa shape index (κ2) is 21.4. The van der Waals surface area contributed by atoms with E-state index in [-0.39, 0.29) is 36.1 Å². The lowest BCUT2D eigenvalue weighted by Crippen LogP contribution is -2.52. The normalized spacial score (nSPS) is 12.8. The van der Waals surface area contributed by atoms with Gasteiger partial charge in [-0.15, -0.1) is 0 Å². The molecular formula is C50H50N6O7. The minimum atomic E-state index is -1.37. The van der Waals surface area contributed by atoms with Crippen molar-refractivity contribution < 1.29 is 34.1 Å². The molecule has 7 rings (SSSR count). The van der Waals surface area contributed by atoms with Gasteiger partial charge in [-0.2, -0.15) is 10.0 Å². The van der Waals surface area contributed by atoms with Crippen molar-refractivity contribution in [1.29, 1.82) is 0 Å². The highest BCUT2D eigenvalue weighted by Crippen LogP contribution is 2.38. The molecule has 63 heavy (non-hydrogen) atoms. The Morgan fingerprint density at radius 3 is 1.73 bits per heavy atom. The van der Waals surface area contributed by atoms with Gasteiger partial charge in [0, 0.05) is 73.6 Å². The number of amides is 4. The van der Waals surface area contributed by atoms with E-state index in [1.807, 2.05) is 97.1 Å². The summed E-state index contributed by atoms with van der Waals surface area (Å²) in [5.74, 6) is -0.164. The number of likely N-dealkylation sites (tertiary alicyclic amines) is 1. The van der Waals surface area contributed by atoms with Crippen molar-refractivity contribution in [2.75, 3.05) is 46.8 Å². The Morgan fingerprint density at radius 1 is 0.619 bits per heavy atom. The zero-order valence-electron chi connectivity index (χ0n) is 34.7. The van der Waals surface area contributed by atoms with Gasteiger partial charge in [0.05, 0.1) is 11.4 Å². The second-order valence-electron chi connectivity index (χ2n) is 15.1. The molecule has 1 saturated heterocycles. The Bertz CT molecular complexity index is 2490. The van der Waals surface area contributed by atoms with Crippen molar-refractivity contribution in [3.63, 3.8) is 0 Å². The number of rotatable bonds is 15. The number of nitrogens with one attached hydrogen (secondary N) is 3. The van der Waals surface area contributed by atoms with Gasteiger partial charge in [0.15, 0.2) is 0 Å². The molecule has 1 aliphatic rings. The van der Waals surface area contributed by atoms with Crippen LogP contribution >= 0.6 is 0 Å². The molecule has 13 heteroatoms. The molecule has 5 N–H and O–H groups in total. The molecule has 0 spiro atoms. The van der Waals surface area contributed by atoms with Crippen LogP contribution in [0.15, 0.2) is 158 Å². The third-order valence-corrected chi connectivity index (χ3v) is 10.7. The van der Waals surface area contributed by atoms with Crippen molar-refractivity contribution in [2.45, 2.75) is 38.3 Å². The molecule has 0 saturated carbocycles. The van der Waals surface area contributed by atoms with E-state index >= 15 is 0 Å². The molecular weight excluding hydrogens is 797 g/mol. The molecule has 1 fully saturated rings. The van der Waals surface area contributed by atoms with Crippen LogP contribution in [0.2, 0.25) is 0 Å². The second-order valence-corrected chi connectivity index (χ2v) is 15.1. The summed E-state index contributed by atoms with van der Waals surface area (Å²) in [6.45, 7) is 2.47. The number of phenolic OH excluding ortho intramolecular Hbond substituents is 1. The summed E-state index contributed by atoms with van der Waals surface area (Å²) in [4.78, 5) is 55.7. The van der Waals surface area contributed by atoms with Crippen LogP contribution in [-0.4, -0.2) is 71.4 Å². The van der Waals surface area contributed by atoms with E-state index < -0.39 is 18.3 Å². The highest BCUT2D eigenvalue weighted by atomic mass is 16.6. The van der Waals surface area contributed by atoms with Gasteiger partial charge in [-0.3, -0.25) is 9.59 Å². The number of hydrazine groups is 1. The van der Waals surface area contributed by atoms with Crippen molar-refractivity contribution in [3.8, 4) is 28.0 Å². The van der Waals surface area contributed by atoms with Gasteiger partial charge < -0.3 is 35.8 Å². The Kier molecular flexibility index (Phi) is 14.8. The van der Waals surface area contributed by atoms with Crippen molar-refractivity contribution in [1.82, 2.24) is 10.2 Å². The number of para-hydroxylation sites is 3. The third kappa shape index (κ3) is 11.7. The maximum absolute atomic E-state index is 14.5. The quantitative estimate of drug-likeness (QED) is 0.0501. The first-order chi connectivity index (χ1) is 30.7. The molecule has 0 aromatic heterocycles. The van der Waals surface area contributed by atoms with Crippen LogP contribution in [0.5, 0.6) is 5.75 Å². The lowest BCUT2D eigenvalue weighted by molar-refractivity contribution is -0.117. The fourth-order valence-electron chi connectivity index (χ4n) is 7.53. The average molecular weight is 847 g/mol. The van der Waals surface area contributed by atoms with Crippen LogP contribution in [0.1, 0.15) is 31.2 Å². The molecule has 322 valence electrons. The first-order valence-corrected chi connectivity index (χ1v) is 21.0. The molecule has 1 aliphatic heterocycles. The molecule has 4 amide bonds. The Morgan fingerprint density at radius 2 is 1.14 bits per heavy atom. The number of benzene rings is 6. The number of nitrogens with zero attached hydrogens (tertiary/aromatic N) is 3. The Hall–Kier alpha value is -7.48. The first-order valence-electron chi connectivity index (χ1n) is 21.0. The molecule has 0 radical (unpaired) electrons. The fraction of sp³-hybridized carbons (Fsp3) is 0.200. The largest absolute Gasteiger partial charge is 0.508 e. The van der Waals surface area contributed by atoms with Crippen molar-refractivity contribution in [2.24, 2.45) is 0 Å². The van der Waals surface area contributed by atoms with E-state index in [1.165, 1.54) is 0 Å². The van der Waals surface area contributed by atoms with E-state index in [1.54, 1.807) is 60.7 Å². The van der Waals surface area contributed by atoms with Crippen molar-refractivity contribution >= 4 is 46.8 Å². The number of phenols is 1. The van der Waals surface area contributed by atoms with Gasteiger partial charge in [0.1, 0.15) is 11.9 Å². The van der Waals surface area contributed by atoms with Gasteiger partial charge in [0.25, 0.3) is 0 Å². The number of hydrogen-bond acceptors (Lipinski definition) is 8. The molecule has 13 nitrogen and oxygen atoms in total. The molecule has 0 atom stereocenters. The van der Waals surface area contributed by atoms with Gasteiger partial charge >= 0.3 is 12.2 Å². The molecule has 1 heterocycles. The monoisotopic (exact) mass is 846 g/mol. The summed E-state index contributed by atoms with van der Waals surface area (Å²) < 4.78 is 6.17. The number of carbonyl (C=O) groups excluding carboxylic acids is 3. The van der Waals surface area contributed by atoms with Gasteiger partial charge in [-0.1, -0.05) is 121 Å². The molecule has 0 bridgehead atoms. The smallest absolute Gasteiger partial charge is 0.434 e. The van der Waals surface area contributed by atoms with E-state index in [0.29, 0.717) is 73.8 Å². The number of carboxylic acid groups (broad SMARTS) is 1. The van der Waals surface area contributed by atoms with Crippen LogP contribution in [-0.2, 0) is 20.9 Å². The van der Waals surface area contributed by atoms with E-state index in [4.69, 9.17) is 4.74 Å². The summed E-state index contributed by atoms with van der Waals surface area (Å²) in [5, 5.41) is 31.8. The Balaban J connectivity index is 0.955. The molecule has 0 unspecified atom stereocenters. The molecule has 6 aromatic rings. The Labute approximate surface area is 366 Å². The van der Waals surface area contributed by atoms with Crippen LogP contribution in [0, 0.1) is 0 Å². The van der Waals surface area contributed by atoms with Crippen LogP contribution in [0.3, 0.4) is 0 Å². The predicted octanol–water partition coefficient (Wildman–Crippen LogP) is 9.38. The van der Waals surface area contributed by atoms with Crippen LogP contribution in [0.25, 0.3) is 22.3 Å². The summed E-state index contributed by atoms with van der Waals surface area (Å²) in [7, 11) is 0. The number of piperidine rings is 1. The van der Waals surface area contributed by atoms with Crippen molar-refractivity contribution in [3.05, 3.63) is 163 Å².